The van der Waals surface area contributed by atoms with E-state index in [1.54, 1.807) is 7.05 Å². The Morgan fingerprint density at radius 3 is 2.55 bits per heavy atom. The van der Waals surface area contributed by atoms with Gasteiger partial charge in [-0.05, 0) is 37.5 Å². The number of nitrogens with zero attached hydrogens (tertiary/aromatic N) is 2. The lowest BCUT2D eigenvalue weighted by Crippen LogP contribution is -1.99. The summed E-state index contributed by atoms with van der Waals surface area (Å²) in [5.41, 5.74) is 2.22. The van der Waals surface area contributed by atoms with Crippen LogP contribution in [0.4, 0.5) is 5.95 Å². The average molecular weight is 271 g/mol. The van der Waals surface area contributed by atoms with Gasteiger partial charge in [-0.25, -0.2) is 4.98 Å². The molecule has 4 nitrogen and oxygen atoms in total. The summed E-state index contributed by atoms with van der Waals surface area (Å²) < 4.78 is 5.77. The van der Waals surface area contributed by atoms with Crippen molar-refractivity contribution in [2.45, 2.75) is 33.1 Å². The molecule has 4 heteroatoms. The Hall–Kier alpha value is -2.10. The van der Waals surface area contributed by atoms with E-state index < -0.39 is 0 Å². The minimum atomic E-state index is 0.558. The first kappa shape index (κ1) is 14.3. The second-order valence-electron chi connectivity index (χ2n) is 4.77. The number of aryl methyl sites for hydroxylation is 2. The SMILES string of the molecule is CCCCc1ccc(Oc2cc(C)nc(NC)n2)cc1. The summed E-state index contributed by atoms with van der Waals surface area (Å²) in [5, 5.41) is 2.92. The number of benzene rings is 1. The fraction of sp³-hybridized carbons (Fsp3) is 0.375. The molecule has 0 amide bonds. The second kappa shape index (κ2) is 6.89. The van der Waals surface area contributed by atoms with Crippen LogP contribution in [-0.4, -0.2) is 17.0 Å². The Balaban J connectivity index is 2.07. The van der Waals surface area contributed by atoms with Gasteiger partial charge in [0.15, 0.2) is 0 Å². The van der Waals surface area contributed by atoms with Crippen LogP contribution in [0.25, 0.3) is 0 Å². The summed E-state index contributed by atoms with van der Waals surface area (Å²) in [6.45, 7) is 4.12. The average Bonchev–Trinajstić information content (AvgIpc) is 2.46. The topological polar surface area (TPSA) is 47.0 Å². The standard InChI is InChI=1S/C16H21N3O/c1-4-5-6-13-7-9-14(10-8-13)20-15-11-12(2)18-16(17-3)19-15/h7-11H,4-6H2,1-3H3,(H,17,18,19). The first-order valence-corrected chi connectivity index (χ1v) is 7.01. The maximum absolute atomic E-state index is 5.77. The van der Waals surface area contributed by atoms with Gasteiger partial charge in [-0.1, -0.05) is 25.5 Å². The first-order chi connectivity index (χ1) is 9.71. The van der Waals surface area contributed by atoms with E-state index in [1.807, 2.05) is 25.1 Å². The number of ether oxygens (including phenoxy) is 1. The molecule has 0 saturated carbocycles. The van der Waals surface area contributed by atoms with Crippen molar-refractivity contribution in [3.05, 3.63) is 41.6 Å². The van der Waals surface area contributed by atoms with Crippen molar-refractivity contribution in [2.24, 2.45) is 0 Å². The van der Waals surface area contributed by atoms with Crippen LogP contribution >= 0.6 is 0 Å². The fourth-order valence-corrected chi connectivity index (χ4v) is 1.93. The third-order valence-corrected chi connectivity index (χ3v) is 3.02. The lowest BCUT2D eigenvalue weighted by atomic mass is 10.1. The summed E-state index contributed by atoms with van der Waals surface area (Å²) in [6.07, 6.45) is 3.55. The number of nitrogens with one attached hydrogen (secondary N) is 1. The molecular formula is C16H21N3O. The number of aromatic nitrogens is 2. The molecule has 0 unspecified atom stereocenters. The van der Waals surface area contributed by atoms with Crippen LogP contribution in [0, 0.1) is 6.92 Å². The summed E-state index contributed by atoms with van der Waals surface area (Å²) in [7, 11) is 1.79. The molecule has 1 aromatic carbocycles. The third-order valence-electron chi connectivity index (χ3n) is 3.02. The number of hydrogen-bond donors (Lipinski definition) is 1. The molecule has 0 radical (unpaired) electrons. The smallest absolute Gasteiger partial charge is 0.225 e. The van der Waals surface area contributed by atoms with Gasteiger partial charge in [-0.3, -0.25) is 0 Å². The highest BCUT2D eigenvalue weighted by atomic mass is 16.5. The molecule has 2 rings (SSSR count). The Bertz CT molecular complexity index is 552. The highest BCUT2D eigenvalue weighted by molar-refractivity contribution is 5.34. The number of hydrogen-bond acceptors (Lipinski definition) is 4. The molecular weight excluding hydrogens is 250 g/mol. The van der Waals surface area contributed by atoms with Gasteiger partial charge in [0.05, 0.1) is 0 Å². The summed E-state index contributed by atoms with van der Waals surface area (Å²) in [4.78, 5) is 8.51. The van der Waals surface area contributed by atoms with Crippen molar-refractivity contribution in [3.63, 3.8) is 0 Å². The second-order valence-corrected chi connectivity index (χ2v) is 4.77. The Labute approximate surface area is 120 Å². The fourth-order valence-electron chi connectivity index (χ4n) is 1.93. The molecule has 0 fully saturated rings. The zero-order chi connectivity index (χ0) is 14.4. The molecule has 0 atom stereocenters. The zero-order valence-electron chi connectivity index (χ0n) is 12.3. The minimum Gasteiger partial charge on any atom is -0.439 e. The van der Waals surface area contributed by atoms with Crippen molar-refractivity contribution in [1.82, 2.24) is 9.97 Å². The van der Waals surface area contributed by atoms with Crippen LogP contribution in [0.3, 0.4) is 0 Å². The highest BCUT2D eigenvalue weighted by Crippen LogP contribution is 2.21. The monoisotopic (exact) mass is 271 g/mol. The van der Waals surface area contributed by atoms with E-state index in [2.05, 4.69) is 34.3 Å². The minimum absolute atomic E-state index is 0.558. The van der Waals surface area contributed by atoms with Gasteiger partial charge in [0, 0.05) is 18.8 Å². The first-order valence-electron chi connectivity index (χ1n) is 7.01. The molecule has 2 aromatic rings. The van der Waals surface area contributed by atoms with Gasteiger partial charge in [0.25, 0.3) is 0 Å². The Kier molecular flexibility index (Phi) is 4.93. The van der Waals surface area contributed by atoms with E-state index >= 15 is 0 Å². The largest absolute Gasteiger partial charge is 0.439 e. The summed E-state index contributed by atoms with van der Waals surface area (Å²) in [5.74, 6) is 1.92. The van der Waals surface area contributed by atoms with Gasteiger partial charge in [-0.2, -0.15) is 4.98 Å². The van der Waals surface area contributed by atoms with Crippen molar-refractivity contribution < 1.29 is 4.74 Å². The lowest BCUT2D eigenvalue weighted by molar-refractivity contribution is 0.461. The van der Waals surface area contributed by atoms with Gasteiger partial charge < -0.3 is 10.1 Å². The molecule has 20 heavy (non-hydrogen) atoms. The van der Waals surface area contributed by atoms with Gasteiger partial charge >= 0.3 is 0 Å². The van der Waals surface area contributed by atoms with Crippen LogP contribution in [0.1, 0.15) is 31.0 Å². The van der Waals surface area contributed by atoms with E-state index in [0.29, 0.717) is 11.8 Å². The highest BCUT2D eigenvalue weighted by Gasteiger charge is 2.03. The summed E-state index contributed by atoms with van der Waals surface area (Å²) in [6, 6.07) is 10.0. The van der Waals surface area contributed by atoms with E-state index in [-0.39, 0.29) is 0 Å². The third kappa shape index (κ3) is 3.95. The van der Waals surface area contributed by atoms with Crippen molar-refractivity contribution in [1.29, 1.82) is 0 Å². The van der Waals surface area contributed by atoms with Crippen LogP contribution < -0.4 is 10.1 Å². The van der Waals surface area contributed by atoms with Crippen molar-refractivity contribution >= 4 is 5.95 Å². The van der Waals surface area contributed by atoms with E-state index in [9.17, 15) is 0 Å². The zero-order valence-corrected chi connectivity index (χ0v) is 12.3. The van der Waals surface area contributed by atoms with Crippen LogP contribution in [0.2, 0.25) is 0 Å². The number of unbranched alkanes of at least 4 members (excludes halogenated alkanes) is 1. The Morgan fingerprint density at radius 2 is 1.90 bits per heavy atom. The summed E-state index contributed by atoms with van der Waals surface area (Å²) >= 11 is 0. The molecule has 1 N–H and O–H groups in total. The molecule has 0 spiro atoms. The van der Waals surface area contributed by atoms with E-state index in [4.69, 9.17) is 4.74 Å². The van der Waals surface area contributed by atoms with Crippen molar-refractivity contribution in [2.75, 3.05) is 12.4 Å². The van der Waals surface area contributed by atoms with E-state index in [0.717, 1.165) is 17.9 Å². The normalized spacial score (nSPS) is 10.3. The molecule has 1 heterocycles. The number of rotatable bonds is 6. The van der Waals surface area contributed by atoms with E-state index in [1.165, 1.54) is 18.4 Å². The molecule has 0 aliphatic rings. The predicted molar refractivity (Wildman–Crippen MR) is 81.4 cm³/mol. The molecule has 1 aromatic heterocycles. The van der Waals surface area contributed by atoms with Gasteiger partial charge in [0.1, 0.15) is 5.75 Å². The number of anilines is 1. The Morgan fingerprint density at radius 1 is 1.15 bits per heavy atom. The van der Waals surface area contributed by atoms with Crippen LogP contribution in [0.15, 0.2) is 30.3 Å². The predicted octanol–water partition coefficient (Wildman–Crippen LogP) is 3.96. The lowest BCUT2D eigenvalue weighted by Gasteiger charge is -2.08. The maximum Gasteiger partial charge on any atom is 0.225 e. The molecule has 0 bridgehead atoms. The van der Waals surface area contributed by atoms with Crippen LogP contribution in [-0.2, 0) is 6.42 Å². The molecule has 0 aliphatic carbocycles. The molecule has 106 valence electrons. The molecule has 0 saturated heterocycles. The maximum atomic E-state index is 5.77. The van der Waals surface area contributed by atoms with Crippen molar-refractivity contribution in [3.8, 4) is 11.6 Å². The molecule has 0 aliphatic heterocycles. The van der Waals surface area contributed by atoms with Gasteiger partial charge in [-0.15, -0.1) is 0 Å². The quantitative estimate of drug-likeness (QED) is 0.863. The van der Waals surface area contributed by atoms with Gasteiger partial charge in [0.2, 0.25) is 11.8 Å². The van der Waals surface area contributed by atoms with Crippen LogP contribution in [0.5, 0.6) is 11.6 Å².